The number of unbranched alkanes of at least 4 members (excludes halogenated alkanes) is 3. The number of rotatable bonds is 10. The minimum absolute atomic E-state index is 0.401. The van der Waals surface area contributed by atoms with E-state index in [1.807, 2.05) is 6.08 Å². The van der Waals surface area contributed by atoms with Gasteiger partial charge in [-0.1, -0.05) is 33.3 Å². The Morgan fingerprint density at radius 2 is 1.60 bits per heavy atom. The summed E-state index contributed by atoms with van der Waals surface area (Å²) in [5.74, 6) is 0. The molecular weight excluding hydrogens is 182 g/mol. The smallest absolute Gasteiger partial charge is 0.0173 e. The highest BCUT2D eigenvalue weighted by Crippen LogP contribution is 2.19. The van der Waals surface area contributed by atoms with Gasteiger partial charge in [-0.2, -0.15) is 0 Å². The summed E-state index contributed by atoms with van der Waals surface area (Å²) in [4.78, 5) is 0. The van der Waals surface area contributed by atoms with E-state index in [9.17, 15) is 0 Å². The first kappa shape index (κ1) is 14.7. The molecule has 0 rings (SSSR count). The molecule has 0 atom stereocenters. The molecule has 1 nitrogen and oxygen atoms in total. The Kier molecular flexibility index (Phi) is 8.79. The zero-order valence-corrected chi connectivity index (χ0v) is 10.9. The van der Waals surface area contributed by atoms with Crippen LogP contribution >= 0.6 is 0 Å². The third-order valence-electron chi connectivity index (χ3n) is 3.62. The standard InChI is InChI=1S/C14H29N/c1-5-9-10-11-12-13-15-14(6-2,7-3)8-4/h5,15H,1,6-13H2,2-4H3. The van der Waals surface area contributed by atoms with Gasteiger partial charge in [0, 0.05) is 5.54 Å². The van der Waals surface area contributed by atoms with Crippen LogP contribution in [0, 0.1) is 0 Å². The molecular formula is C14H29N. The fraction of sp³-hybridized carbons (Fsp3) is 0.857. The third kappa shape index (κ3) is 5.99. The van der Waals surface area contributed by atoms with E-state index >= 15 is 0 Å². The van der Waals surface area contributed by atoms with Crippen LogP contribution in [0.5, 0.6) is 0 Å². The highest BCUT2D eigenvalue weighted by molar-refractivity contribution is 4.83. The van der Waals surface area contributed by atoms with E-state index in [0.717, 1.165) is 0 Å². The van der Waals surface area contributed by atoms with Crippen molar-refractivity contribution < 1.29 is 0 Å². The van der Waals surface area contributed by atoms with Gasteiger partial charge in [0.1, 0.15) is 0 Å². The highest BCUT2D eigenvalue weighted by Gasteiger charge is 2.21. The number of hydrogen-bond donors (Lipinski definition) is 1. The molecule has 0 amide bonds. The number of allylic oxidation sites excluding steroid dienone is 1. The largest absolute Gasteiger partial charge is 0.311 e. The van der Waals surface area contributed by atoms with E-state index in [1.165, 1.54) is 51.5 Å². The lowest BCUT2D eigenvalue weighted by atomic mass is 9.89. The summed E-state index contributed by atoms with van der Waals surface area (Å²) in [5.41, 5.74) is 0.401. The van der Waals surface area contributed by atoms with Crippen molar-refractivity contribution in [3.63, 3.8) is 0 Å². The van der Waals surface area contributed by atoms with Crippen LogP contribution in [-0.2, 0) is 0 Å². The Morgan fingerprint density at radius 1 is 1.00 bits per heavy atom. The summed E-state index contributed by atoms with van der Waals surface area (Å²) in [6, 6.07) is 0. The first-order valence-corrected chi connectivity index (χ1v) is 6.60. The summed E-state index contributed by atoms with van der Waals surface area (Å²) in [5, 5.41) is 3.73. The SMILES string of the molecule is C=CCCCCCNC(CC)(CC)CC. The molecule has 15 heavy (non-hydrogen) atoms. The Balaban J connectivity index is 3.58. The maximum atomic E-state index is 3.74. The summed E-state index contributed by atoms with van der Waals surface area (Å²) in [6.07, 6.45) is 10.8. The lowest BCUT2D eigenvalue weighted by molar-refractivity contribution is 0.288. The Bertz CT molecular complexity index is 139. The van der Waals surface area contributed by atoms with Crippen molar-refractivity contribution in [2.45, 2.75) is 71.3 Å². The Hall–Kier alpha value is -0.300. The normalized spacial score (nSPS) is 11.7. The second-order valence-electron chi connectivity index (χ2n) is 4.41. The van der Waals surface area contributed by atoms with Gasteiger partial charge in [0.05, 0.1) is 0 Å². The van der Waals surface area contributed by atoms with Crippen LogP contribution in [0.4, 0.5) is 0 Å². The second kappa shape index (κ2) is 8.96. The molecule has 0 saturated heterocycles. The molecule has 0 heterocycles. The molecule has 0 aliphatic rings. The molecule has 0 unspecified atom stereocenters. The van der Waals surface area contributed by atoms with E-state index in [1.54, 1.807) is 0 Å². The monoisotopic (exact) mass is 211 g/mol. The molecule has 0 aromatic carbocycles. The van der Waals surface area contributed by atoms with E-state index in [-0.39, 0.29) is 0 Å². The molecule has 1 N–H and O–H groups in total. The predicted molar refractivity (Wildman–Crippen MR) is 70.3 cm³/mol. The minimum atomic E-state index is 0.401. The number of nitrogens with one attached hydrogen (secondary N) is 1. The van der Waals surface area contributed by atoms with Crippen LogP contribution < -0.4 is 5.32 Å². The Labute approximate surface area is 96.3 Å². The third-order valence-corrected chi connectivity index (χ3v) is 3.62. The van der Waals surface area contributed by atoms with Gasteiger partial charge in [-0.3, -0.25) is 0 Å². The first-order chi connectivity index (χ1) is 7.24. The molecule has 1 heteroatoms. The van der Waals surface area contributed by atoms with Gasteiger partial charge < -0.3 is 5.32 Å². The van der Waals surface area contributed by atoms with Crippen LogP contribution in [0.2, 0.25) is 0 Å². The average Bonchev–Trinajstić information content (AvgIpc) is 2.29. The Morgan fingerprint density at radius 3 is 2.07 bits per heavy atom. The summed E-state index contributed by atoms with van der Waals surface area (Å²) in [7, 11) is 0. The van der Waals surface area contributed by atoms with Crippen molar-refractivity contribution >= 4 is 0 Å². The zero-order valence-electron chi connectivity index (χ0n) is 10.9. The van der Waals surface area contributed by atoms with E-state index in [4.69, 9.17) is 0 Å². The topological polar surface area (TPSA) is 12.0 Å². The van der Waals surface area contributed by atoms with Crippen molar-refractivity contribution in [1.29, 1.82) is 0 Å². The summed E-state index contributed by atoms with van der Waals surface area (Å²) < 4.78 is 0. The van der Waals surface area contributed by atoms with Crippen LogP contribution in [-0.4, -0.2) is 12.1 Å². The van der Waals surface area contributed by atoms with Gasteiger partial charge in [0.2, 0.25) is 0 Å². The van der Waals surface area contributed by atoms with Gasteiger partial charge in [-0.25, -0.2) is 0 Å². The molecule has 0 aliphatic heterocycles. The highest BCUT2D eigenvalue weighted by atomic mass is 15.0. The molecule has 0 aromatic rings. The second-order valence-corrected chi connectivity index (χ2v) is 4.41. The molecule has 0 fully saturated rings. The molecule has 0 aromatic heterocycles. The maximum Gasteiger partial charge on any atom is 0.0173 e. The lowest BCUT2D eigenvalue weighted by Crippen LogP contribution is -2.44. The lowest BCUT2D eigenvalue weighted by Gasteiger charge is -2.32. The van der Waals surface area contributed by atoms with Crippen LogP contribution in [0.15, 0.2) is 12.7 Å². The zero-order chi connectivity index (χ0) is 11.6. The molecule has 0 radical (unpaired) electrons. The van der Waals surface area contributed by atoms with Crippen LogP contribution in [0.1, 0.15) is 65.7 Å². The van der Waals surface area contributed by atoms with Crippen molar-refractivity contribution in [1.82, 2.24) is 5.32 Å². The maximum absolute atomic E-state index is 3.74. The van der Waals surface area contributed by atoms with Crippen molar-refractivity contribution in [2.75, 3.05) is 6.54 Å². The van der Waals surface area contributed by atoms with Crippen molar-refractivity contribution in [2.24, 2.45) is 0 Å². The molecule has 0 spiro atoms. The molecule has 0 aliphatic carbocycles. The first-order valence-electron chi connectivity index (χ1n) is 6.60. The molecule has 90 valence electrons. The quantitative estimate of drug-likeness (QED) is 0.420. The van der Waals surface area contributed by atoms with E-state index < -0.39 is 0 Å². The van der Waals surface area contributed by atoms with Crippen molar-refractivity contribution in [3.8, 4) is 0 Å². The fourth-order valence-corrected chi connectivity index (χ4v) is 2.07. The number of hydrogen-bond acceptors (Lipinski definition) is 1. The van der Waals surface area contributed by atoms with E-state index in [2.05, 4.69) is 32.7 Å². The van der Waals surface area contributed by atoms with Crippen molar-refractivity contribution in [3.05, 3.63) is 12.7 Å². The van der Waals surface area contributed by atoms with Gasteiger partial charge in [-0.15, -0.1) is 6.58 Å². The molecule has 0 bridgehead atoms. The summed E-state index contributed by atoms with van der Waals surface area (Å²) >= 11 is 0. The van der Waals surface area contributed by atoms with Crippen LogP contribution in [0.25, 0.3) is 0 Å². The van der Waals surface area contributed by atoms with Crippen LogP contribution in [0.3, 0.4) is 0 Å². The minimum Gasteiger partial charge on any atom is -0.311 e. The van der Waals surface area contributed by atoms with Gasteiger partial charge in [0.15, 0.2) is 0 Å². The molecule has 0 saturated carbocycles. The van der Waals surface area contributed by atoms with Gasteiger partial charge >= 0.3 is 0 Å². The predicted octanol–water partition coefficient (Wildman–Crippen LogP) is 4.29. The van der Waals surface area contributed by atoms with Gasteiger partial charge in [-0.05, 0) is 45.1 Å². The average molecular weight is 211 g/mol. The summed E-state index contributed by atoms with van der Waals surface area (Å²) in [6.45, 7) is 11.8. The van der Waals surface area contributed by atoms with Gasteiger partial charge in [0.25, 0.3) is 0 Å². The fourth-order valence-electron chi connectivity index (χ4n) is 2.07. The van der Waals surface area contributed by atoms with E-state index in [0.29, 0.717) is 5.54 Å².